The first-order valence-electron chi connectivity index (χ1n) is 7.97. The molecular weight excluding hydrogens is 254 g/mol. The highest BCUT2D eigenvalue weighted by Gasteiger charge is 2.43. The van der Waals surface area contributed by atoms with Gasteiger partial charge in [-0.3, -0.25) is 9.69 Å². The Hall–Kier alpha value is -0.650. The first-order chi connectivity index (χ1) is 9.59. The van der Waals surface area contributed by atoms with Gasteiger partial charge in [0.25, 0.3) is 0 Å². The lowest BCUT2D eigenvalue weighted by atomic mass is 9.77. The third-order valence-corrected chi connectivity index (χ3v) is 4.80. The monoisotopic (exact) mass is 283 g/mol. The number of ether oxygens (including phenoxy) is 1. The van der Waals surface area contributed by atoms with Gasteiger partial charge in [0.05, 0.1) is 18.8 Å². The Morgan fingerprint density at radius 3 is 3.00 bits per heavy atom. The van der Waals surface area contributed by atoms with E-state index in [0.717, 1.165) is 58.4 Å². The summed E-state index contributed by atoms with van der Waals surface area (Å²) < 4.78 is 5.52. The number of amides is 1. The van der Waals surface area contributed by atoms with E-state index in [1.165, 1.54) is 0 Å². The fourth-order valence-corrected chi connectivity index (χ4v) is 3.65. The normalized spacial score (nSPS) is 35.9. The molecule has 0 aromatic heterocycles. The first-order valence-corrected chi connectivity index (χ1v) is 7.97. The minimum absolute atomic E-state index is 0.184. The maximum absolute atomic E-state index is 12.0. The highest BCUT2D eigenvalue weighted by Crippen LogP contribution is 2.32. The molecular formula is C15H29N3O2. The highest BCUT2D eigenvalue weighted by atomic mass is 16.5. The van der Waals surface area contributed by atoms with E-state index in [2.05, 4.69) is 24.1 Å². The van der Waals surface area contributed by atoms with Crippen LogP contribution in [0.3, 0.4) is 0 Å². The van der Waals surface area contributed by atoms with Gasteiger partial charge in [-0.05, 0) is 45.6 Å². The molecule has 3 unspecified atom stereocenters. The molecule has 0 radical (unpaired) electrons. The predicted octanol–water partition coefficient (Wildman–Crippen LogP) is 0.873. The van der Waals surface area contributed by atoms with E-state index in [9.17, 15) is 4.79 Å². The van der Waals surface area contributed by atoms with Gasteiger partial charge >= 0.3 is 0 Å². The van der Waals surface area contributed by atoms with Crippen LogP contribution in [-0.2, 0) is 9.53 Å². The zero-order chi connectivity index (χ0) is 14.6. The molecule has 1 saturated heterocycles. The summed E-state index contributed by atoms with van der Waals surface area (Å²) in [6.45, 7) is 7.74. The molecule has 2 fully saturated rings. The molecule has 5 heteroatoms. The van der Waals surface area contributed by atoms with Crippen LogP contribution < -0.4 is 11.1 Å². The van der Waals surface area contributed by atoms with Crippen LogP contribution in [-0.4, -0.2) is 54.7 Å². The largest absolute Gasteiger partial charge is 0.379 e. The van der Waals surface area contributed by atoms with Gasteiger partial charge in [-0.2, -0.15) is 0 Å². The molecule has 3 atom stereocenters. The number of carbonyl (C=O) groups is 1. The zero-order valence-corrected chi connectivity index (χ0v) is 12.9. The number of hydrogen-bond donors (Lipinski definition) is 2. The Morgan fingerprint density at radius 2 is 2.35 bits per heavy atom. The van der Waals surface area contributed by atoms with Gasteiger partial charge in [0.2, 0.25) is 5.91 Å². The second-order valence-corrected chi connectivity index (χ2v) is 6.29. The lowest BCUT2D eigenvalue weighted by Crippen LogP contribution is -2.62. The van der Waals surface area contributed by atoms with E-state index in [4.69, 9.17) is 10.5 Å². The third kappa shape index (κ3) is 3.32. The summed E-state index contributed by atoms with van der Waals surface area (Å²) in [5.41, 5.74) is 5.22. The second-order valence-electron chi connectivity index (χ2n) is 6.29. The van der Waals surface area contributed by atoms with E-state index in [0.29, 0.717) is 12.1 Å². The number of nitrogens with zero attached hydrogens (tertiary/aromatic N) is 1. The number of carbonyl (C=O) groups excluding carboxylic acids is 1. The molecule has 1 aliphatic carbocycles. The van der Waals surface area contributed by atoms with Crippen molar-refractivity contribution in [3.8, 4) is 0 Å². The van der Waals surface area contributed by atoms with Crippen molar-refractivity contribution in [1.82, 2.24) is 10.2 Å². The molecule has 116 valence electrons. The predicted molar refractivity (Wildman–Crippen MR) is 79.5 cm³/mol. The van der Waals surface area contributed by atoms with Gasteiger partial charge in [-0.15, -0.1) is 0 Å². The molecule has 3 N–H and O–H groups in total. The van der Waals surface area contributed by atoms with Crippen LogP contribution in [0.4, 0.5) is 0 Å². The molecule has 0 bridgehead atoms. The Morgan fingerprint density at radius 1 is 1.55 bits per heavy atom. The van der Waals surface area contributed by atoms with Crippen LogP contribution in [0.1, 0.15) is 46.0 Å². The van der Waals surface area contributed by atoms with Crippen LogP contribution in [0, 0.1) is 0 Å². The molecule has 20 heavy (non-hydrogen) atoms. The number of nitrogens with two attached hydrogens (primary N) is 1. The molecule has 5 nitrogen and oxygen atoms in total. The number of morpholine rings is 1. The van der Waals surface area contributed by atoms with Crippen LogP contribution in [0.25, 0.3) is 0 Å². The van der Waals surface area contributed by atoms with Gasteiger partial charge in [0.1, 0.15) is 0 Å². The van der Waals surface area contributed by atoms with Crippen molar-refractivity contribution in [3.63, 3.8) is 0 Å². The third-order valence-electron chi connectivity index (χ3n) is 4.80. The lowest BCUT2D eigenvalue weighted by Gasteiger charge is -2.46. The Bertz CT molecular complexity index is 337. The van der Waals surface area contributed by atoms with Gasteiger partial charge in [-0.1, -0.05) is 6.92 Å². The summed E-state index contributed by atoms with van der Waals surface area (Å²) in [6.07, 6.45) is 4.96. The van der Waals surface area contributed by atoms with Crippen molar-refractivity contribution in [3.05, 3.63) is 0 Å². The molecule has 0 aromatic rings. The molecule has 1 saturated carbocycles. The molecule has 1 aliphatic heterocycles. The Balaban J connectivity index is 2.06. The number of hydrogen-bond acceptors (Lipinski definition) is 4. The molecule has 2 aliphatic rings. The summed E-state index contributed by atoms with van der Waals surface area (Å²) in [4.78, 5) is 14.5. The van der Waals surface area contributed by atoms with Crippen molar-refractivity contribution in [2.75, 3.05) is 26.3 Å². The van der Waals surface area contributed by atoms with E-state index in [1.807, 2.05) is 0 Å². The van der Waals surface area contributed by atoms with E-state index >= 15 is 0 Å². The average molecular weight is 283 g/mol. The SMILES string of the molecule is CCCNC1(C(N)=O)CCCC(N2CCOCC2C)C1. The summed E-state index contributed by atoms with van der Waals surface area (Å²) >= 11 is 0. The summed E-state index contributed by atoms with van der Waals surface area (Å²) in [7, 11) is 0. The Kier molecular flexibility index (Phi) is 5.41. The minimum atomic E-state index is -0.503. The lowest BCUT2D eigenvalue weighted by molar-refractivity contribution is -0.127. The van der Waals surface area contributed by atoms with Crippen molar-refractivity contribution in [2.45, 2.75) is 63.6 Å². The maximum Gasteiger partial charge on any atom is 0.237 e. The van der Waals surface area contributed by atoms with Crippen molar-refractivity contribution >= 4 is 5.91 Å². The molecule has 2 rings (SSSR count). The average Bonchev–Trinajstić information content (AvgIpc) is 2.45. The fourth-order valence-electron chi connectivity index (χ4n) is 3.65. The minimum Gasteiger partial charge on any atom is -0.379 e. The van der Waals surface area contributed by atoms with Gasteiger partial charge < -0.3 is 15.8 Å². The molecule has 1 heterocycles. The smallest absolute Gasteiger partial charge is 0.237 e. The number of rotatable bonds is 5. The van der Waals surface area contributed by atoms with Crippen LogP contribution in [0.5, 0.6) is 0 Å². The summed E-state index contributed by atoms with van der Waals surface area (Å²) in [5.74, 6) is -0.184. The zero-order valence-electron chi connectivity index (χ0n) is 12.9. The van der Waals surface area contributed by atoms with E-state index in [-0.39, 0.29) is 5.91 Å². The second kappa shape index (κ2) is 6.87. The van der Waals surface area contributed by atoms with Crippen molar-refractivity contribution < 1.29 is 9.53 Å². The maximum atomic E-state index is 12.0. The van der Waals surface area contributed by atoms with E-state index in [1.54, 1.807) is 0 Å². The number of nitrogens with one attached hydrogen (secondary N) is 1. The molecule has 1 amide bonds. The van der Waals surface area contributed by atoms with Gasteiger partial charge in [0.15, 0.2) is 0 Å². The first kappa shape index (κ1) is 15.7. The number of primary amides is 1. The van der Waals surface area contributed by atoms with Gasteiger partial charge in [-0.25, -0.2) is 0 Å². The standard InChI is InChI=1S/C15H29N3O2/c1-3-7-17-15(14(16)19)6-4-5-13(10-15)18-8-9-20-11-12(18)2/h12-13,17H,3-11H2,1-2H3,(H2,16,19). The van der Waals surface area contributed by atoms with Crippen LogP contribution in [0.15, 0.2) is 0 Å². The fraction of sp³-hybridized carbons (Fsp3) is 0.933. The Labute approximate surface area is 122 Å². The summed E-state index contributed by atoms with van der Waals surface area (Å²) in [6, 6.07) is 0.878. The van der Waals surface area contributed by atoms with Crippen molar-refractivity contribution in [2.24, 2.45) is 5.73 Å². The quantitative estimate of drug-likeness (QED) is 0.786. The topological polar surface area (TPSA) is 67.6 Å². The van der Waals surface area contributed by atoms with E-state index < -0.39 is 5.54 Å². The molecule has 0 spiro atoms. The molecule has 0 aromatic carbocycles. The van der Waals surface area contributed by atoms with Gasteiger partial charge in [0, 0.05) is 18.6 Å². The highest BCUT2D eigenvalue weighted by molar-refractivity contribution is 5.84. The summed E-state index contributed by atoms with van der Waals surface area (Å²) in [5, 5.41) is 3.44. The van der Waals surface area contributed by atoms with Crippen molar-refractivity contribution in [1.29, 1.82) is 0 Å². The van der Waals surface area contributed by atoms with Crippen LogP contribution >= 0.6 is 0 Å². The van der Waals surface area contributed by atoms with Crippen LogP contribution in [0.2, 0.25) is 0 Å².